The van der Waals surface area contributed by atoms with E-state index in [9.17, 15) is 9.90 Å². The van der Waals surface area contributed by atoms with E-state index in [4.69, 9.17) is 16.3 Å². The summed E-state index contributed by atoms with van der Waals surface area (Å²) >= 11 is 6.34. The molecule has 3 rings (SSSR count). The highest BCUT2D eigenvalue weighted by atomic mass is 35.5. The second-order valence-electron chi connectivity index (χ2n) is 6.02. The number of carboxylic acids is 1. The van der Waals surface area contributed by atoms with E-state index in [-0.39, 0.29) is 18.4 Å². The van der Waals surface area contributed by atoms with E-state index in [1.807, 2.05) is 13.0 Å². The Morgan fingerprint density at radius 1 is 1.40 bits per heavy atom. The van der Waals surface area contributed by atoms with Gasteiger partial charge in [0.1, 0.15) is 5.75 Å². The van der Waals surface area contributed by atoms with Gasteiger partial charge in [-0.2, -0.15) is 0 Å². The van der Waals surface area contributed by atoms with E-state index in [0.717, 1.165) is 42.6 Å². The first-order valence-corrected chi connectivity index (χ1v) is 7.61. The number of halogens is 1. The van der Waals surface area contributed by atoms with Crippen molar-refractivity contribution in [2.45, 2.75) is 51.0 Å². The Morgan fingerprint density at radius 3 is 2.65 bits per heavy atom. The van der Waals surface area contributed by atoms with Crippen LogP contribution in [0.4, 0.5) is 0 Å². The Kier molecular flexibility index (Phi) is 3.63. The number of hydrogen-bond acceptors (Lipinski definition) is 2. The van der Waals surface area contributed by atoms with Gasteiger partial charge in [-0.3, -0.25) is 4.79 Å². The summed E-state index contributed by atoms with van der Waals surface area (Å²) in [4.78, 5) is 11.2. The fraction of sp³-hybridized carbons (Fsp3) is 0.562. The molecule has 1 unspecified atom stereocenters. The van der Waals surface area contributed by atoms with Crippen molar-refractivity contribution in [2.24, 2.45) is 5.92 Å². The fourth-order valence-corrected chi connectivity index (χ4v) is 3.05. The molecule has 0 spiro atoms. The Balaban J connectivity index is 1.97. The van der Waals surface area contributed by atoms with Crippen LogP contribution < -0.4 is 4.74 Å². The van der Waals surface area contributed by atoms with Crippen molar-refractivity contribution >= 4 is 17.6 Å². The number of aliphatic carboxylic acids is 1. The average molecular weight is 295 g/mol. The third-order valence-corrected chi connectivity index (χ3v) is 4.29. The lowest BCUT2D eigenvalue weighted by Crippen LogP contribution is -2.11. The van der Waals surface area contributed by atoms with Gasteiger partial charge in [0.05, 0.1) is 17.5 Å². The molecule has 4 heteroatoms. The lowest BCUT2D eigenvalue weighted by molar-refractivity contribution is -0.137. The minimum atomic E-state index is -0.753. The lowest BCUT2D eigenvalue weighted by atomic mass is 9.89. The lowest BCUT2D eigenvalue weighted by Gasteiger charge is -2.21. The van der Waals surface area contributed by atoms with Crippen LogP contribution in [-0.4, -0.2) is 17.2 Å². The second-order valence-corrected chi connectivity index (χ2v) is 6.43. The molecular formula is C16H19ClO3. The molecule has 0 amide bonds. The second kappa shape index (κ2) is 5.28. The van der Waals surface area contributed by atoms with Gasteiger partial charge in [0.15, 0.2) is 0 Å². The molecule has 1 atom stereocenters. The molecule has 0 aliphatic heterocycles. The van der Waals surface area contributed by atoms with Crippen LogP contribution >= 0.6 is 11.6 Å². The summed E-state index contributed by atoms with van der Waals surface area (Å²) in [6.45, 7) is 1.99. The molecule has 1 aromatic carbocycles. The summed E-state index contributed by atoms with van der Waals surface area (Å²) in [7, 11) is 0. The van der Waals surface area contributed by atoms with E-state index in [2.05, 4.69) is 6.07 Å². The van der Waals surface area contributed by atoms with Crippen molar-refractivity contribution in [3.63, 3.8) is 0 Å². The van der Waals surface area contributed by atoms with Crippen LogP contribution in [0, 0.1) is 12.8 Å². The van der Waals surface area contributed by atoms with Gasteiger partial charge < -0.3 is 9.84 Å². The van der Waals surface area contributed by atoms with E-state index in [1.54, 1.807) is 0 Å². The highest BCUT2D eigenvalue weighted by Gasteiger charge is 2.37. The molecule has 2 aliphatic carbocycles. The Bertz CT molecular complexity index is 533. The molecule has 0 aromatic heterocycles. The highest BCUT2D eigenvalue weighted by Crippen LogP contribution is 2.49. The number of rotatable bonds is 6. The summed E-state index contributed by atoms with van der Waals surface area (Å²) in [6.07, 6.45) is 4.76. The van der Waals surface area contributed by atoms with Crippen molar-refractivity contribution in [1.82, 2.24) is 0 Å². The van der Waals surface area contributed by atoms with Crippen LogP contribution in [0.25, 0.3) is 0 Å². The maximum atomic E-state index is 11.2. The van der Waals surface area contributed by atoms with Gasteiger partial charge in [-0.15, -0.1) is 0 Å². The van der Waals surface area contributed by atoms with Crippen LogP contribution in [0.5, 0.6) is 5.75 Å². The maximum Gasteiger partial charge on any atom is 0.303 e. The van der Waals surface area contributed by atoms with Crippen molar-refractivity contribution in [2.75, 3.05) is 0 Å². The predicted molar refractivity (Wildman–Crippen MR) is 77.6 cm³/mol. The molecule has 2 aliphatic rings. The summed E-state index contributed by atoms with van der Waals surface area (Å²) < 4.78 is 5.96. The van der Waals surface area contributed by atoms with Crippen LogP contribution in [-0.2, 0) is 4.79 Å². The van der Waals surface area contributed by atoms with Crippen LogP contribution in [0.3, 0.4) is 0 Å². The first kappa shape index (κ1) is 13.7. The minimum Gasteiger partial charge on any atom is -0.489 e. The van der Waals surface area contributed by atoms with E-state index < -0.39 is 5.97 Å². The molecule has 0 bridgehead atoms. The van der Waals surface area contributed by atoms with E-state index in [1.165, 1.54) is 0 Å². The standard InChI is InChI=1S/C16H19ClO3/c1-9-6-13(12(8-15(18)19)10-2-3-10)16(14(17)7-9)20-11-4-5-11/h6-7,10-12H,2-5,8H2,1H3,(H,18,19). The van der Waals surface area contributed by atoms with Gasteiger partial charge in [0, 0.05) is 5.92 Å². The topological polar surface area (TPSA) is 46.5 Å². The van der Waals surface area contributed by atoms with Crippen LogP contribution in [0.2, 0.25) is 5.02 Å². The van der Waals surface area contributed by atoms with E-state index >= 15 is 0 Å². The van der Waals surface area contributed by atoms with E-state index in [0.29, 0.717) is 10.9 Å². The molecule has 20 heavy (non-hydrogen) atoms. The summed E-state index contributed by atoms with van der Waals surface area (Å²) in [5, 5.41) is 9.79. The zero-order chi connectivity index (χ0) is 14.3. The molecular weight excluding hydrogens is 276 g/mol. The van der Waals surface area contributed by atoms with Gasteiger partial charge in [-0.05, 0) is 55.7 Å². The molecule has 0 heterocycles. The molecule has 2 fully saturated rings. The van der Waals surface area contributed by atoms with Crippen molar-refractivity contribution in [1.29, 1.82) is 0 Å². The van der Waals surface area contributed by atoms with Crippen molar-refractivity contribution in [3.05, 3.63) is 28.3 Å². The number of benzene rings is 1. The van der Waals surface area contributed by atoms with Gasteiger partial charge >= 0.3 is 5.97 Å². The predicted octanol–water partition coefficient (Wildman–Crippen LogP) is 4.16. The molecule has 0 radical (unpaired) electrons. The Hall–Kier alpha value is -1.22. The number of carboxylic acid groups (broad SMARTS) is 1. The smallest absolute Gasteiger partial charge is 0.303 e. The summed E-state index contributed by atoms with van der Waals surface area (Å²) in [5.41, 5.74) is 2.05. The van der Waals surface area contributed by atoms with Crippen LogP contribution in [0.1, 0.15) is 49.1 Å². The molecule has 1 aromatic rings. The summed E-state index contributed by atoms with van der Waals surface area (Å²) in [5.74, 6) is 0.457. The van der Waals surface area contributed by atoms with Gasteiger partial charge in [-0.25, -0.2) is 0 Å². The van der Waals surface area contributed by atoms with Gasteiger partial charge in [0.2, 0.25) is 0 Å². The quantitative estimate of drug-likeness (QED) is 0.857. The third kappa shape index (κ3) is 3.09. The van der Waals surface area contributed by atoms with Crippen molar-refractivity contribution < 1.29 is 14.6 Å². The fourth-order valence-electron chi connectivity index (χ4n) is 2.73. The minimum absolute atomic E-state index is 0.0265. The normalized spacial score (nSPS) is 19.7. The number of ether oxygens (including phenoxy) is 1. The molecule has 108 valence electrons. The van der Waals surface area contributed by atoms with Crippen LogP contribution in [0.15, 0.2) is 12.1 Å². The first-order valence-electron chi connectivity index (χ1n) is 7.23. The highest BCUT2D eigenvalue weighted by molar-refractivity contribution is 6.32. The molecule has 0 saturated heterocycles. The molecule has 1 N–H and O–H groups in total. The number of aryl methyl sites for hydroxylation is 1. The number of hydrogen-bond donors (Lipinski definition) is 1. The van der Waals surface area contributed by atoms with Crippen molar-refractivity contribution in [3.8, 4) is 5.75 Å². The van der Waals surface area contributed by atoms with Gasteiger partial charge in [0.25, 0.3) is 0 Å². The Morgan fingerprint density at radius 2 is 2.10 bits per heavy atom. The third-order valence-electron chi connectivity index (χ3n) is 4.01. The zero-order valence-corrected chi connectivity index (χ0v) is 12.3. The first-order chi connectivity index (χ1) is 9.54. The van der Waals surface area contributed by atoms with Gasteiger partial charge in [-0.1, -0.05) is 17.7 Å². The molecule has 3 nitrogen and oxygen atoms in total. The Labute approximate surface area is 123 Å². The maximum absolute atomic E-state index is 11.2. The average Bonchev–Trinajstić information content (AvgIpc) is 3.23. The number of carbonyl (C=O) groups is 1. The molecule has 2 saturated carbocycles. The zero-order valence-electron chi connectivity index (χ0n) is 11.6. The monoisotopic (exact) mass is 294 g/mol. The SMILES string of the molecule is Cc1cc(Cl)c(OC2CC2)c(C(CC(=O)O)C2CC2)c1. The summed E-state index contributed by atoms with van der Waals surface area (Å²) in [6, 6.07) is 3.95. The largest absolute Gasteiger partial charge is 0.489 e.